The van der Waals surface area contributed by atoms with Crippen LogP contribution >= 0.6 is 0 Å². The zero-order valence-electron chi connectivity index (χ0n) is 17.2. The molecule has 4 aromatic rings. The maximum absolute atomic E-state index is 14.1. The lowest BCUT2D eigenvalue weighted by Crippen LogP contribution is -2.39. The van der Waals surface area contributed by atoms with Crippen LogP contribution in [0.5, 0.6) is 0 Å². The number of hydrogen-bond acceptors (Lipinski definition) is 2. The lowest BCUT2D eigenvalue weighted by Gasteiger charge is -2.33. The van der Waals surface area contributed by atoms with Crippen LogP contribution in [0.4, 0.5) is 8.78 Å². The van der Waals surface area contributed by atoms with Crippen molar-refractivity contribution < 1.29 is 18.4 Å². The third-order valence-electron chi connectivity index (χ3n) is 5.62. The van der Waals surface area contributed by atoms with Gasteiger partial charge in [-0.1, -0.05) is 84.9 Å². The van der Waals surface area contributed by atoms with Crippen LogP contribution in [0.3, 0.4) is 0 Å². The van der Waals surface area contributed by atoms with Crippen molar-refractivity contribution in [2.45, 2.75) is 11.8 Å². The van der Waals surface area contributed by atoms with Gasteiger partial charge in [-0.25, -0.2) is 8.78 Å². The molecule has 4 rings (SSSR count). The number of Topliss-reactive ketones (excluding diaryl/α,β-unsaturated/α-hetero) is 2. The molecule has 0 saturated heterocycles. The Morgan fingerprint density at radius 1 is 0.562 bits per heavy atom. The number of ketones is 2. The van der Waals surface area contributed by atoms with Gasteiger partial charge in [0, 0.05) is 17.5 Å². The zero-order chi connectivity index (χ0) is 22.6. The van der Waals surface area contributed by atoms with Crippen molar-refractivity contribution in [2.75, 3.05) is 0 Å². The predicted octanol–water partition coefficient (Wildman–Crippen LogP) is 6.41. The second-order valence-corrected chi connectivity index (χ2v) is 7.58. The van der Waals surface area contributed by atoms with Gasteiger partial charge in [-0.2, -0.15) is 0 Å². The number of carbonyl (C=O) groups excluding carboxylic acids is 2. The third kappa shape index (κ3) is 4.12. The van der Waals surface area contributed by atoms with Gasteiger partial charge in [0.05, 0.1) is 5.41 Å². The topological polar surface area (TPSA) is 34.1 Å². The Morgan fingerprint density at radius 3 is 1.41 bits per heavy atom. The van der Waals surface area contributed by atoms with E-state index in [2.05, 4.69) is 0 Å². The summed E-state index contributed by atoms with van der Waals surface area (Å²) in [5.74, 6) is -1.48. The van der Waals surface area contributed by atoms with Crippen molar-refractivity contribution in [3.63, 3.8) is 0 Å². The van der Waals surface area contributed by atoms with Crippen LogP contribution in [0.1, 0.15) is 38.3 Å². The van der Waals surface area contributed by atoms with E-state index in [-0.39, 0.29) is 18.0 Å². The molecule has 0 aliphatic rings. The summed E-state index contributed by atoms with van der Waals surface area (Å²) in [6.07, 6.45) is -0.192. The first-order valence-electron chi connectivity index (χ1n) is 10.2. The Labute approximate surface area is 185 Å². The lowest BCUT2D eigenvalue weighted by atomic mass is 9.66. The molecule has 0 aliphatic carbocycles. The van der Waals surface area contributed by atoms with Crippen molar-refractivity contribution in [1.82, 2.24) is 0 Å². The molecule has 4 aromatic carbocycles. The second kappa shape index (κ2) is 9.06. The molecular formula is C28H20F2O2. The number of halogens is 2. The maximum Gasteiger partial charge on any atom is 0.178 e. The summed E-state index contributed by atoms with van der Waals surface area (Å²) in [6, 6.07) is 28.4. The highest BCUT2D eigenvalue weighted by Gasteiger charge is 2.44. The van der Waals surface area contributed by atoms with E-state index in [1.807, 2.05) is 0 Å². The number of benzene rings is 4. The highest BCUT2D eigenvalue weighted by Crippen LogP contribution is 2.40. The quantitative estimate of drug-likeness (QED) is 0.320. The standard InChI is InChI=1S/C28H20F2O2/c29-24-15-11-22(12-16-24)28(23-13-17-25(30)18-14-23,27(32)21-9-5-2-6-10-21)19-26(31)20-7-3-1-4-8-20/h1-18H,19H2. The Kier molecular flexibility index (Phi) is 6.04. The van der Waals surface area contributed by atoms with Gasteiger partial charge in [0.2, 0.25) is 0 Å². The number of rotatable bonds is 7. The minimum absolute atomic E-state index is 0.192. The SMILES string of the molecule is O=C(CC(C(=O)c1ccccc1)(c1ccc(F)cc1)c1ccc(F)cc1)c1ccccc1. The molecule has 0 aliphatic heterocycles. The summed E-state index contributed by atoms with van der Waals surface area (Å²) < 4.78 is 27.6. The first-order chi connectivity index (χ1) is 15.5. The summed E-state index contributed by atoms with van der Waals surface area (Å²) in [5, 5.41) is 0. The molecule has 0 fully saturated rings. The Hall–Kier alpha value is -3.92. The molecule has 0 radical (unpaired) electrons. The number of carbonyl (C=O) groups is 2. The third-order valence-corrected chi connectivity index (χ3v) is 5.62. The van der Waals surface area contributed by atoms with Crippen molar-refractivity contribution in [2.24, 2.45) is 0 Å². The van der Waals surface area contributed by atoms with Gasteiger partial charge in [0.25, 0.3) is 0 Å². The zero-order valence-corrected chi connectivity index (χ0v) is 17.2. The Balaban J connectivity index is 1.96. The van der Waals surface area contributed by atoms with Crippen LogP contribution in [0, 0.1) is 11.6 Å². The lowest BCUT2D eigenvalue weighted by molar-refractivity contribution is 0.0843. The summed E-state index contributed by atoms with van der Waals surface area (Å²) in [4.78, 5) is 27.4. The van der Waals surface area contributed by atoms with Crippen LogP contribution in [0.25, 0.3) is 0 Å². The molecule has 2 nitrogen and oxygen atoms in total. The average molecular weight is 426 g/mol. The molecule has 4 heteroatoms. The van der Waals surface area contributed by atoms with Crippen LogP contribution in [-0.2, 0) is 5.41 Å². The van der Waals surface area contributed by atoms with E-state index in [0.29, 0.717) is 22.3 Å². The molecule has 32 heavy (non-hydrogen) atoms. The molecule has 0 N–H and O–H groups in total. The minimum atomic E-state index is -1.46. The minimum Gasteiger partial charge on any atom is -0.294 e. The molecule has 0 unspecified atom stereocenters. The van der Waals surface area contributed by atoms with Crippen molar-refractivity contribution in [3.05, 3.63) is 143 Å². The Morgan fingerprint density at radius 2 is 0.969 bits per heavy atom. The first kappa shape index (κ1) is 21.3. The fourth-order valence-electron chi connectivity index (χ4n) is 3.98. The average Bonchev–Trinajstić information content (AvgIpc) is 2.84. The van der Waals surface area contributed by atoms with Gasteiger partial charge in [-0.05, 0) is 35.4 Å². The van der Waals surface area contributed by atoms with Crippen LogP contribution in [-0.4, -0.2) is 11.6 Å². The van der Waals surface area contributed by atoms with Crippen molar-refractivity contribution >= 4 is 11.6 Å². The number of hydrogen-bond donors (Lipinski definition) is 0. The fourth-order valence-corrected chi connectivity index (χ4v) is 3.98. The molecular weight excluding hydrogens is 406 g/mol. The van der Waals surface area contributed by atoms with Crippen LogP contribution in [0.2, 0.25) is 0 Å². The predicted molar refractivity (Wildman–Crippen MR) is 120 cm³/mol. The second-order valence-electron chi connectivity index (χ2n) is 7.58. The van der Waals surface area contributed by atoms with Crippen molar-refractivity contribution in [3.8, 4) is 0 Å². The van der Waals surface area contributed by atoms with Gasteiger partial charge in [0.1, 0.15) is 11.6 Å². The molecule has 0 saturated carbocycles. The first-order valence-corrected chi connectivity index (χ1v) is 10.2. The van der Waals surface area contributed by atoms with E-state index in [1.54, 1.807) is 60.7 Å². The highest BCUT2D eigenvalue weighted by atomic mass is 19.1. The van der Waals surface area contributed by atoms with Gasteiger partial charge < -0.3 is 0 Å². The smallest absolute Gasteiger partial charge is 0.178 e. The van der Waals surface area contributed by atoms with Gasteiger partial charge in [0.15, 0.2) is 11.6 Å². The monoisotopic (exact) mass is 426 g/mol. The fraction of sp³-hybridized carbons (Fsp3) is 0.0714. The summed E-state index contributed by atoms with van der Waals surface area (Å²) in [5.41, 5.74) is 0.326. The van der Waals surface area contributed by atoms with E-state index in [4.69, 9.17) is 0 Å². The van der Waals surface area contributed by atoms with Gasteiger partial charge in [-0.15, -0.1) is 0 Å². The summed E-state index contributed by atoms with van der Waals surface area (Å²) >= 11 is 0. The highest BCUT2D eigenvalue weighted by molar-refractivity contribution is 6.11. The van der Waals surface area contributed by atoms with E-state index < -0.39 is 17.0 Å². The van der Waals surface area contributed by atoms with Crippen LogP contribution in [0.15, 0.2) is 109 Å². The van der Waals surface area contributed by atoms with E-state index in [0.717, 1.165) is 0 Å². The van der Waals surface area contributed by atoms with E-state index in [1.165, 1.54) is 48.5 Å². The van der Waals surface area contributed by atoms with E-state index >= 15 is 0 Å². The van der Waals surface area contributed by atoms with Gasteiger partial charge in [-0.3, -0.25) is 9.59 Å². The van der Waals surface area contributed by atoms with Crippen molar-refractivity contribution in [1.29, 1.82) is 0 Å². The molecule has 0 amide bonds. The largest absolute Gasteiger partial charge is 0.294 e. The van der Waals surface area contributed by atoms with Gasteiger partial charge >= 0.3 is 0 Å². The summed E-state index contributed by atoms with van der Waals surface area (Å²) in [6.45, 7) is 0. The molecule has 0 aromatic heterocycles. The Bertz CT molecular complexity index is 1170. The normalized spacial score (nSPS) is 11.2. The molecule has 158 valence electrons. The molecule has 0 bridgehead atoms. The van der Waals surface area contributed by atoms with E-state index in [9.17, 15) is 18.4 Å². The molecule has 0 atom stereocenters. The maximum atomic E-state index is 14.1. The summed E-state index contributed by atoms with van der Waals surface area (Å²) in [7, 11) is 0. The molecule has 0 spiro atoms. The molecule has 0 heterocycles. The van der Waals surface area contributed by atoms with Crippen LogP contribution < -0.4 is 0 Å².